The number of hydrogen-bond acceptors (Lipinski definition) is 6. The van der Waals surface area contributed by atoms with Gasteiger partial charge in [-0.3, -0.25) is 0 Å². The summed E-state index contributed by atoms with van der Waals surface area (Å²) in [5, 5.41) is 16.4. The van der Waals surface area contributed by atoms with Crippen LogP contribution in [0.3, 0.4) is 0 Å². The van der Waals surface area contributed by atoms with Crippen LogP contribution in [0.25, 0.3) is 11.7 Å². The van der Waals surface area contributed by atoms with E-state index >= 15 is 0 Å². The topological polar surface area (TPSA) is 75.8 Å². The zero-order chi connectivity index (χ0) is 10.7. The van der Waals surface area contributed by atoms with Crippen LogP contribution in [0.2, 0.25) is 0 Å². The molecule has 0 saturated heterocycles. The summed E-state index contributed by atoms with van der Waals surface area (Å²) in [6.45, 7) is 1.77. The summed E-state index contributed by atoms with van der Waals surface area (Å²) in [6, 6.07) is 5.54. The minimum absolute atomic E-state index is 0.213. The standard InChI is InChI=1S/C9H7N3O2S/c1-6(5-10)15-9-12-11-8(14-9)7-3-2-4-13-7/h2-4,6H,1H3/t6-/m0/s1. The summed E-state index contributed by atoms with van der Waals surface area (Å²) in [5.41, 5.74) is 0. The number of thioether (sulfide) groups is 1. The van der Waals surface area contributed by atoms with E-state index in [-0.39, 0.29) is 5.25 Å². The molecule has 15 heavy (non-hydrogen) atoms. The number of aromatic nitrogens is 2. The molecule has 0 spiro atoms. The van der Waals surface area contributed by atoms with Crippen LogP contribution in [0.5, 0.6) is 0 Å². The minimum Gasteiger partial charge on any atom is -0.459 e. The van der Waals surface area contributed by atoms with E-state index in [4.69, 9.17) is 14.1 Å². The van der Waals surface area contributed by atoms with Gasteiger partial charge in [-0.2, -0.15) is 5.26 Å². The average molecular weight is 221 g/mol. The van der Waals surface area contributed by atoms with Crippen LogP contribution >= 0.6 is 11.8 Å². The van der Waals surface area contributed by atoms with Gasteiger partial charge < -0.3 is 8.83 Å². The summed E-state index contributed by atoms with van der Waals surface area (Å²) < 4.78 is 10.4. The fraction of sp³-hybridized carbons (Fsp3) is 0.222. The maximum Gasteiger partial charge on any atom is 0.284 e. The van der Waals surface area contributed by atoms with Gasteiger partial charge in [0.15, 0.2) is 5.76 Å². The highest BCUT2D eigenvalue weighted by Gasteiger charge is 2.13. The highest BCUT2D eigenvalue weighted by Crippen LogP contribution is 2.25. The second kappa shape index (κ2) is 4.19. The molecule has 76 valence electrons. The van der Waals surface area contributed by atoms with Crippen molar-refractivity contribution in [1.82, 2.24) is 10.2 Å². The molecule has 0 aliphatic rings. The Kier molecular flexibility index (Phi) is 2.74. The van der Waals surface area contributed by atoms with Crippen molar-refractivity contribution >= 4 is 11.8 Å². The lowest BCUT2D eigenvalue weighted by molar-refractivity contribution is 0.447. The first-order chi connectivity index (χ1) is 7.29. The Morgan fingerprint density at radius 1 is 1.53 bits per heavy atom. The summed E-state index contributed by atoms with van der Waals surface area (Å²) >= 11 is 1.22. The van der Waals surface area contributed by atoms with E-state index in [2.05, 4.69) is 16.3 Å². The summed E-state index contributed by atoms with van der Waals surface area (Å²) in [6.07, 6.45) is 1.53. The van der Waals surface area contributed by atoms with Crippen molar-refractivity contribution < 1.29 is 8.83 Å². The molecule has 1 atom stereocenters. The quantitative estimate of drug-likeness (QED) is 0.740. The van der Waals surface area contributed by atoms with Gasteiger partial charge >= 0.3 is 0 Å². The van der Waals surface area contributed by atoms with Gasteiger partial charge in [0.25, 0.3) is 11.1 Å². The van der Waals surface area contributed by atoms with E-state index in [1.807, 2.05) is 0 Å². The Balaban J connectivity index is 2.15. The summed E-state index contributed by atoms with van der Waals surface area (Å²) in [7, 11) is 0. The molecule has 0 N–H and O–H groups in total. The van der Waals surface area contributed by atoms with Crippen molar-refractivity contribution in [2.45, 2.75) is 17.4 Å². The molecular formula is C9H7N3O2S. The predicted molar refractivity (Wildman–Crippen MR) is 52.9 cm³/mol. The summed E-state index contributed by atoms with van der Waals surface area (Å²) in [5.74, 6) is 0.853. The fourth-order valence-electron chi connectivity index (χ4n) is 0.935. The Hall–Kier alpha value is -1.74. The molecule has 5 nitrogen and oxygen atoms in total. The maximum atomic E-state index is 8.61. The van der Waals surface area contributed by atoms with Crippen molar-refractivity contribution in [3.8, 4) is 17.7 Å². The first kappa shape index (κ1) is 9.80. The van der Waals surface area contributed by atoms with Crippen LogP contribution in [-0.2, 0) is 0 Å². The molecule has 0 fully saturated rings. The summed E-state index contributed by atoms with van der Waals surface area (Å²) in [4.78, 5) is 0. The lowest BCUT2D eigenvalue weighted by Gasteiger charge is -1.93. The molecule has 0 radical (unpaired) electrons. The van der Waals surface area contributed by atoms with E-state index in [0.717, 1.165) is 0 Å². The molecule has 0 unspecified atom stereocenters. The van der Waals surface area contributed by atoms with E-state index in [1.165, 1.54) is 18.0 Å². The molecule has 6 heteroatoms. The van der Waals surface area contributed by atoms with Gasteiger partial charge in [-0.05, 0) is 30.8 Å². The van der Waals surface area contributed by atoms with Gasteiger partial charge in [0.2, 0.25) is 0 Å². The molecule has 0 aliphatic heterocycles. The first-order valence-electron chi connectivity index (χ1n) is 4.23. The third-order valence-electron chi connectivity index (χ3n) is 1.60. The number of hydrogen-bond donors (Lipinski definition) is 0. The van der Waals surface area contributed by atoms with Crippen molar-refractivity contribution in [2.75, 3.05) is 0 Å². The fourth-order valence-corrected chi connectivity index (χ4v) is 1.50. The highest BCUT2D eigenvalue weighted by molar-refractivity contribution is 7.99. The molecule has 0 bridgehead atoms. The van der Waals surface area contributed by atoms with Crippen LogP contribution in [0.15, 0.2) is 32.5 Å². The molecule has 2 rings (SSSR count). The second-order valence-electron chi connectivity index (χ2n) is 2.74. The largest absolute Gasteiger partial charge is 0.459 e. The number of nitriles is 1. The highest BCUT2D eigenvalue weighted by atomic mass is 32.2. The second-order valence-corrected chi connectivity index (χ2v) is 4.03. The predicted octanol–water partition coefficient (Wildman–Crippen LogP) is 2.33. The van der Waals surface area contributed by atoms with Crippen molar-refractivity contribution in [3.05, 3.63) is 18.4 Å². The van der Waals surface area contributed by atoms with Gasteiger partial charge in [-0.25, -0.2) is 0 Å². The lowest BCUT2D eigenvalue weighted by atomic mass is 10.5. The molecule has 0 aliphatic carbocycles. The zero-order valence-electron chi connectivity index (χ0n) is 7.88. The van der Waals surface area contributed by atoms with Crippen LogP contribution < -0.4 is 0 Å². The molecule has 2 aromatic rings. The number of rotatable bonds is 3. The van der Waals surface area contributed by atoms with Crippen molar-refractivity contribution in [3.63, 3.8) is 0 Å². The third kappa shape index (κ3) is 2.19. The van der Waals surface area contributed by atoms with E-state index < -0.39 is 0 Å². The third-order valence-corrected chi connectivity index (χ3v) is 2.42. The maximum absolute atomic E-state index is 8.61. The minimum atomic E-state index is -0.213. The van der Waals surface area contributed by atoms with Crippen LogP contribution in [-0.4, -0.2) is 15.4 Å². The van der Waals surface area contributed by atoms with Gasteiger partial charge in [0.1, 0.15) is 0 Å². The molecule has 2 aromatic heterocycles. The SMILES string of the molecule is C[C@@H](C#N)Sc1nnc(-c2ccco2)o1. The van der Waals surface area contributed by atoms with Gasteiger partial charge in [-0.15, -0.1) is 10.2 Å². The van der Waals surface area contributed by atoms with Gasteiger partial charge in [0.05, 0.1) is 17.6 Å². The number of nitrogens with zero attached hydrogens (tertiary/aromatic N) is 3. The van der Waals surface area contributed by atoms with Crippen molar-refractivity contribution in [1.29, 1.82) is 5.26 Å². The molecule has 0 aromatic carbocycles. The Labute approximate surface area is 90.1 Å². The Bertz CT molecular complexity index is 472. The van der Waals surface area contributed by atoms with E-state index in [9.17, 15) is 0 Å². The van der Waals surface area contributed by atoms with Crippen LogP contribution in [0, 0.1) is 11.3 Å². The number of furan rings is 1. The monoisotopic (exact) mass is 221 g/mol. The molecule has 2 heterocycles. The average Bonchev–Trinajstić information content (AvgIpc) is 2.85. The lowest BCUT2D eigenvalue weighted by Crippen LogP contribution is -1.88. The van der Waals surface area contributed by atoms with Gasteiger partial charge in [0, 0.05) is 0 Å². The smallest absolute Gasteiger partial charge is 0.284 e. The van der Waals surface area contributed by atoms with Crippen LogP contribution in [0.1, 0.15) is 6.92 Å². The van der Waals surface area contributed by atoms with Crippen molar-refractivity contribution in [2.24, 2.45) is 0 Å². The Morgan fingerprint density at radius 2 is 2.40 bits per heavy atom. The zero-order valence-corrected chi connectivity index (χ0v) is 8.69. The van der Waals surface area contributed by atoms with E-state index in [0.29, 0.717) is 16.9 Å². The molecule has 0 amide bonds. The van der Waals surface area contributed by atoms with Gasteiger partial charge in [-0.1, -0.05) is 0 Å². The Morgan fingerprint density at radius 3 is 3.07 bits per heavy atom. The molecular weight excluding hydrogens is 214 g/mol. The van der Waals surface area contributed by atoms with E-state index in [1.54, 1.807) is 19.1 Å². The molecule has 0 saturated carbocycles. The van der Waals surface area contributed by atoms with Crippen LogP contribution in [0.4, 0.5) is 0 Å². The normalized spacial score (nSPS) is 12.3. The first-order valence-corrected chi connectivity index (χ1v) is 5.11.